The van der Waals surface area contributed by atoms with Gasteiger partial charge in [0.2, 0.25) is 5.91 Å². The van der Waals surface area contributed by atoms with Gasteiger partial charge in [0.05, 0.1) is 12.1 Å². The number of para-hydroxylation sites is 1. The number of rotatable bonds is 4. The molecule has 6 heteroatoms. The maximum Gasteiger partial charge on any atom is 0.245 e. The lowest BCUT2D eigenvalue weighted by atomic mass is 10.0. The molecule has 1 fully saturated rings. The molecular formula is C19H22N4O2. The van der Waals surface area contributed by atoms with Crippen LogP contribution in [0, 0.1) is 0 Å². The molecule has 1 N–H and O–H groups in total. The van der Waals surface area contributed by atoms with E-state index in [1.54, 1.807) is 9.58 Å². The van der Waals surface area contributed by atoms with E-state index >= 15 is 0 Å². The van der Waals surface area contributed by atoms with E-state index in [0.29, 0.717) is 6.54 Å². The van der Waals surface area contributed by atoms with Gasteiger partial charge in [-0.2, -0.15) is 5.10 Å². The van der Waals surface area contributed by atoms with Crippen molar-refractivity contribution in [1.29, 1.82) is 0 Å². The zero-order valence-electron chi connectivity index (χ0n) is 14.5. The monoisotopic (exact) mass is 338 g/mol. The molecule has 3 heterocycles. The van der Waals surface area contributed by atoms with Gasteiger partial charge in [0.1, 0.15) is 11.3 Å². The fraction of sp³-hybridized carbons (Fsp3) is 0.368. The minimum absolute atomic E-state index is 0.0370. The van der Waals surface area contributed by atoms with Crippen molar-refractivity contribution in [2.45, 2.75) is 31.8 Å². The van der Waals surface area contributed by atoms with E-state index in [-0.39, 0.29) is 18.0 Å². The number of carbonyl (C=O) groups excluding carboxylic acids is 1. The Morgan fingerprint density at radius 1 is 1.32 bits per heavy atom. The van der Waals surface area contributed by atoms with Gasteiger partial charge in [0.15, 0.2) is 5.82 Å². The molecule has 1 aliphatic rings. The van der Waals surface area contributed by atoms with Crippen LogP contribution >= 0.6 is 0 Å². The fourth-order valence-electron chi connectivity index (χ4n) is 3.40. The van der Waals surface area contributed by atoms with Crippen LogP contribution in [0.3, 0.4) is 0 Å². The molecule has 0 bridgehead atoms. The van der Waals surface area contributed by atoms with Gasteiger partial charge in [-0.1, -0.05) is 18.2 Å². The predicted molar refractivity (Wildman–Crippen MR) is 96.3 cm³/mol. The number of hydrogen-bond donors (Lipinski definition) is 1. The van der Waals surface area contributed by atoms with Crippen LogP contribution in [-0.2, 0) is 11.8 Å². The highest BCUT2D eigenvalue weighted by Crippen LogP contribution is 2.26. The largest absolute Gasteiger partial charge is 0.459 e. The molecule has 6 nitrogen and oxygen atoms in total. The van der Waals surface area contributed by atoms with Crippen LogP contribution in [0.1, 0.15) is 31.6 Å². The number of aromatic nitrogens is 2. The van der Waals surface area contributed by atoms with Gasteiger partial charge in [-0.3, -0.25) is 19.7 Å². The molecule has 3 aromatic rings. The number of piperidine rings is 1. The molecule has 130 valence electrons. The molecule has 1 aliphatic heterocycles. The van der Waals surface area contributed by atoms with Crippen LogP contribution in [0.15, 0.2) is 47.0 Å². The number of fused-ring (bicyclic) bond motifs is 1. The summed E-state index contributed by atoms with van der Waals surface area (Å²) in [5.41, 5.74) is 0.872. The summed E-state index contributed by atoms with van der Waals surface area (Å²) < 4.78 is 7.64. The third-order valence-corrected chi connectivity index (χ3v) is 4.74. The number of carbonyl (C=O) groups is 1. The highest BCUT2D eigenvalue weighted by molar-refractivity contribution is 5.97. The summed E-state index contributed by atoms with van der Waals surface area (Å²) in [6.07, 6.45) is 3.64. The van der Waals surface area contributed by atoms with Crippen molar-refractivity contribution in [1.82, 2.24) is 15.1 Å². The topological polar surface area (TPSA) is 63.3 Å². The number of amides is 1. The molecular weight excluding hydrogens is 316 g/mol. The van der Waals surface area contributed by atoms with Crippen molar-refractivity contribution < 1.29 is 9.21 Å². The number of aryl methyl sites for hydroxylation is 1. The minimum Gasteiger partial charge on any atom is -0.459 e. The number of nitrogens with zero attached hydrogens (tertiary/aromatic N) is 3. The molecule has 2 atom stereocenters. The first-order chi connectivity index (χ1) is 12.1. The van der Waals surface area contributed by atoms with Gasteiger partial charge in [0.25, 0.3) is 0 Å². The lowest BCUT2D eigenvalue weighted by molar-refractivity contribution is -0.122. The average Bonchev–Trinajstić information content (AvgIpc) is 3.23. The van der Waals surface area contributed by atoms with Gasteiger partial charge in [0, 0.05) is 31.2 Å². The van der Waals surface area contributed by atoms with E-state index in [1.807, 2.05) is 56.6 Å². The lowest BCUT2D eigenvalue weighted by Crippen LogP contribution is -2.51. The number of benzene rings is 1. The van der Waals surface area contributed by atoms with Crippen molar-refractivity contribution in [3.8, 4) is 0 Å². The molecule has 2 aromatic heterocycles. The number of furan rings is 1. The second kappa shape index (κ2) is 6.37. The molecule has 1 aromatic carbocycles. The van der Waals surface area contributed by atoms with Crippen LogP contribution in [0.4, 0.5) is 5.82 Å². The Labute approximate surface area is 146 Å². The Balaban J connectivity index is 1.50. The van der Waals surface area contributed by atoms with Crippen LogP contribution < -0.4 is 10.2 Å². The van der Waals surface area contributed by atoms with Crippen molar-refractivity contribution >= 4 is 22.7 Å². The Morgan fingerprint density at radius 2 is 2.16 bits per heavy atom. The van der Waals surface area contributed by atoms with Crippen LogP contribution in [-0.4, -0.2) is 28.3 Å². The highest BCUT2D eigenvalue weighted by atomic mass is 16.3. The number of hydrogen-bond acceptors (Lipinski definition) is 4. The SMILES string of the molecule is C[C@H](N[C@H]1CCCN(c2ccn(C)n2)C1=O)c1cc2ccccc2o1. The van der Waals surface area contributed by atoms with Gasteiger partial charge < -0.3 is 4.42 Å². The molecule has 1 saturated heterocycles. The quantitative estimate of drug-likeness (QED) is 0.794. The van der Waals surface area contributed by atoms with Crippen LogP contribution in [0.2, 0.25) is 0 Å². The normalized spacial score (nSPS) is 19.5. The van der Waals surface area contributed by atoms with Crippen LogP contribution in [0.5, 0.6) is 0 Å². The molecule has 4 rings (SSSR count). The summed E-state index contributed by atoms with van der Waals surface area (Å²) in [5, 5.41) is 8.87. The maximum atomic E-state index is 12.9. The van der Waals surface area contributed by atoms with Crippen molar-refractivity contribution in [2.24, 2.45) is 7.05 Å². The van der Waals surface area contributed by atoms with Gasteiger partial charge >= 0.3 is 0 Å². The zero-order chi connectivity index (χ0) is 17.4. The molecule has 0 unspecified atom stereocenters. The first kappa shape index (κ1) is 15.9. The molecule has 1 amide bonds. The fourth-order valence-corrected chi connectivity index (χ4v) is 3.40. The molecule has 0 radical (unpaired) electrons. The Morgan fingerprint density at radius 3 is 2.92 bits per heavy atom. The summed E-state index contributed by atoms with van der Waals surface area (Å²) in [7, 11) is 1.86. The summed E-state index contributed by atoms with van der Waals surface area (Å²) in [6, 6.07) is 11.6. The van der Waals surface area contributed by atoms with Gasteiger partial charge in [-0.15, -0.1) is 0 Å². The smallest absolute Gasteiger partial charge is 0.245 e. The Bertz CT molecular complexity index is 865. The van der Waals surface area contributed by atoms with Gasteiger partial charge in [-0.05, 0) is 31.9 Å². The summed E-state index contributed by atoms with van der Waals surface area (Å²) in [5.74, 6) is 1.65. The standard InChI is InChI=1S/C19H22N4O2/c1-13(17-12-14-6-3-4-8-16(14)25-17)20-15-7-5-10-23(19(15)24)18-9-11-22(2)21-18/h3-4,6,8-9,11-13,15,20H,5,7,10H2,1-2H3/t13-,15-/m0/s1. The molecule has 0 saturated carbocycles. The molecule has 0 aliphatic carbocycles. The zero-order valence-corrected chi connectivity index (χ0v) is 14.5. The van der Waals surface area contributed by atoms with Crippen molar-refractivity contribution in [2.75, 3.05) is 11.4 Å². The lowest BCUT2D eigenvalue weighted by Gasteiger charge is -2.32. The average molecular weight is 338 g/mol. The molecule has 0 spiro atoms. The summed E-state index contributed by atoms with van der Waals surface area (Å²) in [6.45, 7) is 2.75. The van der Waals surface area contributed by atoms with E-state index in [9.17, 15) is 4.79 Å². The van der Waals surface area contributed by atoms with E-state index in [2.05, 4.69) is 10.4 Å². The second-order valence-corrected chi connectivity index (χ2v) is 6.61. The summed E-state index contributed by atoms with van der Waals surface area (Å²) in [4.78, 5) is 14.6. The van der Waals surface area contributed by atoms with E-state index in [0.717, 1.165) is 35.4 Å². The third kappa shape index (κ3) is 3.05. The van der Waals surface area contributed by atoms with Gasteiger partial charge in [-0.25, -0.2) is 0 Å². The predicted octanol–water partition coefficient (Wildman–Crippen LogP) is 3.01. The Kier molecular flexibility index (Phi) is 4.05. The third-order valence-electron chi connectivity index (χ3n) is 4.74. The van der Waals surface area contributed by atoms with Crippen molar-refractivity contribution in [3.63, 3.8) is 0 Å². The Hall–Kier alpha value is -2.60. The maximum absolute atomic E-state index is 12.9. The van der Waals surface area contributed by atoms with E-state index in [1.165, 1.54) is 0 Å². The van der Waals surface area contributed by atoms with E-state index < -0.39 is 0 Å². The van der Waals surface area contributed by atoms with Crippen molar-refractivity contribution in [3.05, 3.63) is 48.4 Å². The molecule has 25 heavy (non-hydrogen) atoms. The van der Waals surface area contributed by atoms with Crippen LogP contribution in [0.25, 0.3) is 11.0 Å². The highest BCUT2D eigenvalue weighted by Gasteiger charge is 2.32. The second-order valence-electron chi connectivity index (χ2n) is 6.61. The number of anilines is 1. The first-order valence-corrected chi connectivity index (χ1v) is 8.67. The van der Waals surface area contributed by atoms with E-state index in [4.69, 9.17) is 4.42 Å². The first-order valence-electron chi connectivity index (χ1n) is 8.67. The minimum atomic E-state index is -0.223. The number of nitrogens with one attached hydrogen (secondary N) is 1. The summed E-state index contributed by atoms with van der Waals surface area (Å²) >= 11 is 0.